The average Bonchev–Trinajstić information content (AvgIpc) is 3.18. The normalized spacial score (nSPS) is 10.8. The van der Waals surface area contributed by atoms with Crippen LogP contribution >= 0.6 is 34.7 Å². The molecule has 0 aliphatic heterocycles. The average molecular weight is 471 g/mol. The molecule has 0 atom stereocenters. The van der Waals surface area contributed by atoms with Crippen LogP contribution in [0.25, 0.3) is 10.2 Å². The van der Waals surface area contributed by atoms with Gasteiger partial charge in [0.15, 0.2) is 4.34 Å². The topological polar surface area (TPSA) is 60.5 Å². The van der Waals surface area contributed by atoms with Gasteiger partial charge in [0.05, 0.1) is 22.6 Å². The van der Waals surface area contributed by atoms with E-state index in [1.807, 2.05) is 25.1 Å². The number of hydrogen-bond acceptors (Lipinski definition) is 6. The Morgan fingerprint density at radius 1 is 1.03 bits per heavy atom. The summed E-state index contributed by atoms with van der Waals surface area (Å²) in [4.78, 5) is 16.9. The molecule has 1 amide bonds. The van der Waals surface area contributed by atoms with E-state index in [9.17, 15) is 4.79 Å². The second-order valence-electron chi connectivity index (χ2n) is 6.46. The van der Waals surface area contributed by atoms with Gasteiger partial charge in [0.2, 0.25) is 5.91 Å². The zero-order valence-corrected chi connectivity index (χ0v) is 19.0. The highest BCUT2D eigenvalue weighted by Crippen LogP contribution is 2.32. The van der Waals surface area contributed by atoms with Gasteiger partial charge < -0.3 is 14.8 Å². The second kappa shape index (κ2) is 10.0. The molecule has 8 heteroatoms. The van der Waals surface area contributed by atoms with Crippen LogP contribution in [-0.4, -0.2) is 23.3 Å². The van der Waals surface area contributed by atoms with Crippen molar-refractivity contribution in [3.05, 3.63) is 71.8 Å². The first-order valence-electron chi connectivity index (χ1n) is 9.58. The number of aromatic nitrogens is 1. The van der Waals surface area contributed by atoms with Gasteiger partial charge in [-0.2, -0.15) is 0 Å². The molecule has 1 N–H and O–H groups in total. The van der Waals surface area contributed by atoms with Crippen LogP contribution in [0.3, 0.4) is 0 Å². The quantitative estimate of drug-likeness (QED) is 0.285. The number of carbonyl (C=O) groups excluding carboxylic acids is 1. The molecule has 0 radical (unpaired) electrons. The van der Waals surface area contributed by atoms with Gasteiger partial charge in [-0.15, -0.1) is 11.3 Å². The van der Waals surface area contributed by atoms with Gasteiger partial charge in [0.25, 0.3) is 0 Å². The van der Waals surface area contributed by atoms with Gasteiger partial charge in [-0.1, -0.05) is 23.4 Å². The number of benzene rings is 3. The fourth-order valence-electron chi connectivity index (χ4n) is 2.77. The zero-order valence-electron chi connectivity index (χ0n) is 16.6. The summed E-state index contributed by atoms with van der Waals surface area (Å²) in [6.07, 6.45) is 0. The van der Waals surface area contributed by atoms with Gasteiger partial charge in [-0.05, 0) is 73.7 Å². The SMILES string of the molecule is CCOc1ccc2nc(SCC(=O)Nc3ccc(Oc4ccc(Cl)cc4)cc3)sc2c1. The molecule has 1 aromatic heterocycles. The number of amides is 1. The summed E-state index contributed by atoms with van der Waals surface area (Å²) < 4.78 is 13.2. The van der Waals surface area contributed by atoms with Gasteiger partial charge >= 0.3 is 0 Å². The molecule has 0 fully saturated rings. The standard InChI is InChI=1S/C23H19ClN2O3S2/c1-2-28-19-11-12-20-21(13-19)31-23(26-20)30-14-22(27)25-16-5-9-18(10-6-16)29-17-7-3-15(24)4-8-17/h3-13H,2,14H2,1H3,(H,25,27). The lowest BCUT2D eigenvalue weighted by atomic mass is 10.3. The second-order valence-corrected chi connectivity index (χ2v) is 9.15. The Morgan fingerprint density at radius 2 is 1.71 bits per heavy atom. The first-order valence-corrected chi connectivity index (χ1v) is 11.8. The molecular formula is C23H19ClN2O3S2. The molecule has 0 aliphatic carbocycles. The van der Waals surface area contributed by atoms with Gasteiger partial charge in [-0.3, -0.25) is 4.79 Å². The van der Waals surface area contributed by atoms with E-state index in [0.717, 1.165) is 20.3 Å². The van der Waals surface area contributed by atoms with E-state index in [1.165, 1.54) is 11.8 Å². The van der Waals surface area contributed by atoms with Crippen LogP contribution in [0.2, 0.25) is 5.02 Å². The van der Waals surface area contributed by atoms with E-state index in [0.29, 0.717) is 28.8 Å². The molecule has 3 aromatic carbocycles. The Morgan fingerprint density at radius 3 is 2.42 bits per heavy atom. The van der Waals surface area contributed by atoms with Gasteiger partial charge in [0, 0.05) is 10.7 Å². The van der Waals surface area contributed by atoms with E-state index in [4.69, 9.17) is 21.1 Å². The molecule has 0 unspecified atom stereocenters. The van der Waals surface area contributed by atoms with Crippen molar-refractivity contribution in [1.82, 2.24) is 4.98 Å². The Bertz CT molecular complexity index is 1180. The van der Waals surface area contributed by atoms with Crippen molar-refractivity contribution in [2.24, 2.45) is 0 Å². The van der Waals surface area contributed by atoms with Crippen molar-refractivity contribution in [3.8, 4) is 17.2 Å². The molecule has 0 bridgehead atoms. The third-order valence-electron chi connectivity index (χ3n) is 4.17. The largest absolute Gasteiger partial charge is 0.494 e. The first kappa shape index (κ1) is 21.5. The molecule has 0 spiro atoms. The summed E-state index contributed by atoms with van der Waals surface area (Å²) in [5.74, 6) is 2.39. The van der Waals surface area contributed by atoms with E-state index in [-0.39, 0.29) is 11.7 Å². The highest BCUT2D eigenvalue weighted by Gasteiger charge is 2.09. The predicted octanol–water partition coefficient (Wildman–Crippen LogP) is 6.87. The highest BCUT2D eigenvalue weighted by atomic mass is 35.5. The molecule has 0 saturated carbocycles. The number of hydrogen-bond donors (Lipinski definition) is 1. The Hall–Kier alpha value is -2.74. The minimum atomic E-state index is -0.0920. The van der Waals surface area contributed by atoms with Gasteiger partial charge in [-0.25, -0.2) is 4.98 Å². The van der Waals surface area contributed by atoms with Crippen LogP contribution in [0.15, 0.2) is 71.1 Å². The monoisotopic (exact) mass is 470 g/mol. The minimum Gasteiger partial charge on any atom is -0.494 e. The number of nitrogens with zero attached hydrogens (tertiary/aromatic N) is 1. The summed E-state index contributed by atoms with van der Waals surface area (Å²) in [5, 5.41) is 3.55. The number of ether oxygens (including phenoxy) is 2. The van der Waals surface area contributed by atoms with Crippen molar-refractivity contribution in [2.45, 2.75) is 11.3 Å². The van der Waals surface area contributed by atoms with Crippen molar-refractivity contribution in [1.29, 1.82) is 0 Å². The molecule has 0 saturated heterocycles. The maximum Gasteiger partial charge on any atom is 0.234 e. The maximum absolute atomic E-state index is 12.3. The zero-order chi connectivity index (χ0) is 21.6. The fraction of sp³-hybridized carbons (Fsp3) is 0.130. The van der Waals surface area contributed by atoms with E-state index in [1.54, 1.807) is 59.9 Å². The predicted molar refractivity (Wildman–Crippen MR) is 128 cm³/mol. The number of anilines is 1. The Balaban J connectivity index is 1.30. The lowest BCUT2D eigenvalue weighted by Gasteiger charge is -2.08. The minimum absolute atomic E-state index is 0.0920. The summed E-state index contributed by atoms with van der Waals surface area (Å²) in [6, 6.07) is 20.2. The Kier molecular flexibility index (Phi) is 6.96. The highest BCUT2D eigenvalue weighted by molar-refractivity contribution is 8.01. The van der Waals surface area contributed by atoms with Gasteiger partial charge in [0.1, 0.15) is 17.2 Å². The van der Waals surface area contributed by atoms with E-state index >= 15 is 0 Å². The van der Waals surface area contributed by atoms with Crippen molar-refractivity contribution in [2.75, 3.05) is 17.7 Å². The molecule has 1 heterocycles. The first-order chi connectivity index (χ1) is 15.1. The van der Waals surface area contributed by atoms with E-state index < -0.39 is 0 Å². The smallest absolute Gasteiger partial charge is 0.234 e. The number of thiazole rings is 1. The summed E-state index contributed by atoms with van der Waals surface area (Å²) in [5.41, 5.74) is 1.62. The van der Waals surface area contributed by atoms with Crippen molar-refractivity contribution < 1.29 is 14.3 Å². The molecule has 5 nitrogen and oxygen atoms in total. The number of rotatable bonds is 8. The van der Waals surface area contributed by atoms with Crippen LogP contribution in [0, 0.1) is 0 Å². The molecular weight excluding hydrogens is 452 g/mol. The summed E-state index contributed by atoms with van der Waals surface area (Å²) in [6.45, 7) is 2.58. The number of thioether (sulfide) groups is 1. The van der Waals surface area contributed by atoms with Crippen LogP contribution in [0.4, 0.5) is 5.69 Å². The van der Waals surface area contributed by atoms with Crippen LogP contribution in [-0.2, 0) is 4.79 Å². The molecule has 31 heavy (non-hydrogen) atoms. The number of halogens is 1. The molecule has 4 rings (SSSR count). The molecule has 4 aromatic rings. The molecule has 158 valence electrons. The number of nitrogens with one attached hydrogen (secondary N) is 1. The van der Waals surface area contributed by atoms with Crippen LogP contribution < -0.4 is 14.8 Å². The number of fused-ring (bicyclic) bond motifs is 1. The lowest BCUT2D eigenvalue weighted by molar-refractivity contribution is -0.113. The third kappa shape index (κ3) is 5.91. The summed E-state index contributed by atoms with van der Waals surface area (Å²) in [7, 11) is 0. The van der Waals surface area contributed by atoms with Crippen molar-refractivity contribution in [3.63, 3.8) is 0 Å². The van der Waals surface area contributed by atoms with Crippen molar-refractivity contribution >= 4 is 56.5 Å². The van der Waals surface area contributed by atoms with E-state index in [2.05, 4.69) is 10.3 Å². The Labute approximate surface area is 193 Å². The maximum atomic E-state index is 12.3. The third-order valence-corrected chi connectivity index (χ3v) is 6.58. The lowest BCUT2D eigenvalue weighted by Crippen LogP contribution is -2.13. The summed E-state index contributed by atoms with van der Waals surface area (Å²) >= 11 is 8.86. The van der Waals surface area contributed by atoms with Crippen LogP contribution in [0.1, 0.15) is 6.92 Å². The number of carbonyl (C=O) groups is 1. The fourth-order valence-corrected chi connectivity index (χ4v) is 4.79. The molecule has 0 aliphatic rings. The van der Waals surface area contributed by atoms with Crippen LogP contribution in [0.5, 0.6) is 17.2 Å².